The number of fused-ring (bicyclic) bond motifs is 1. The van der Waals surface area contributed by atoms with Crippen molar-refractivity contribution in [3.63, 3.8) is 0 Å². The van der Waals surface area contributed by atoms with E-state index in [4.69, 9.17) is 4.74 Å². The summed E-state index contributed by atoms with van der Waals surface area (Å²) in [5.74, 6) is -0.00487. The number of amides is 1. The maximum absolute atomic E-state index is 12.1. The number of ether oxygens (including phenoxy) is 1. The van der Waals surface area contributed by atoms with E-state index in [1.165, 1.54) is 0 Å². The van der Waals surface area contributed by atoms with Crippen LogP contribution in [0.5, 0.6) is 0 Å². The van der Waals surface area contributed by atoms with Crippen molar-refractivity contribution in [3.8, 4) is 0 Å². The zero-order chi connectivity index (χ0) is 16.9. The predicted molar refractivity (Wildman–Crippen MR) is 94.2 cm³/mol. The first-order chi connectivity index (χ1) is 11.6. The topological polar surface area (TPSA) is 71.2 Å². The normalized spacial score (nSPS) is 17.8. The number of nitrogens with one attached hydrogen (secondary N) is 2. The molecule has 1 aromatic carbocycles. The number of aromatic nitrogens is 1. The minimum Gasteiger partial charge on any atom is -0.378 e. The quantitative estimate of drug-likeness (QED) is 0.885. The Labute approximate surface area is 141 Å². The SMILES string of the molecule is Cc1ccc2cc(CCNC(=O)CC3CCCCO3)c(=O)[nH]c2c1. The number of rotatable bonds is 5. The van der Waals surface area contributed by atoms with Gasteiger partial charge in [-0.15, -0.1) is 0 Å². The van der Waals surface area contributed by atoms with Crippen molar-refractivity contribution in [1.82, 2.24) is 10.3 Å². The van der Waals surface area contributed by atoms with Crippen LogP contribution >= 0.6 is 0 Å². The maximum Gasteiger partial charge on any atom is 0.251 e. The standard InChI is InChI=1S/C19H24N2O3/c1-13-5-6-14-11-15(19(23)21-17(14)10-13)7-8-20-18(22)12-16-4-2-3-9-24-16/h5-6,10-11,16H,2-4,7-9,12H2,1H3,(H,20,22)(H,21,23). The Morgan fingerprint density at radius 3 is 3.00 bits per heavy atom. The van der Waals surface area contributed by atoms with Crippen LogP contribution < -0.4 is 10.9 Å². The molecule has 3 rings (SSSR count). The van der Waals surface area contributed by atoms with Crippen molar-refractivity contribution < 1.29 is 9.53 Å². The zero-order valence-electron chi connectivity index (χ0n) is 14.1. The van der Waals surface area contributed by atoms with E-state index in [0.29, 0.717) is 24.9 Å². The number of pyridine rings is 1. The van der Waals surface area contributed by atoms with E-state index in [0.717, 1.165) is 42.3 Å². The van der Waals surface area contributed by atoms with Gasteiger partial charge in [-0.25, -0.2) is 0 Å². The molecular formula is C19H24N2O3. The van der Waals surface area contributed by atoms with Gasteiger partial charge in [0.05, 0.1) is 12.5 Å². The zero-order valence-corrected chi connectivity index (χ0v) is 14.1. The molecule has 0 radical (unpaired) electrons. The first kappa shape index (κ1) is 16.7. The summed E-state index contributed by atoms with van der Waals surface area (Å²) in [6, 6.07) is 7.90. The highest BCUT2D eigenvalue weighted by molar-refractivity contribution is 5.79. The molecule has 0 spiro atoms. The molecule has 1 amide bonds. The van der Waals surface area contributed by atoms with Crippen molar-refractivity contribution in [2.24, 2.45) is 0 Å². The third-order valence-electron chi connectivity index (χ3n) is 4.48. The summed E-state index contributed by atoms with van der Waals surface area (Å²) < 4.78 is 5.57. The molecule has 1 aliphatic rings. The Morgan fingerprint density at radius 2 is 2.21 bits per heavy atom. The Morgan fingerprint density at radius 1 is 1.33 bits per heavy atom. The van der Waals surface area contributed by atoms with Gasteiger partial charge in [0.15, 0.2) is 0 Å². The van der Waals surface area contributed by atoms with Crippen molar-refractivity contribution in [1.29, 1.82) is 0 Å². The maximum atomic E-state index is 12.1. The molecule has 1 aromatic heterocycles. The van der Waals surface area contributed by atoms with Gasteiger partial charge >= 0.3 is 0 Å². The van der Waals surface area contributed by atoms with E-state index in [9.17, 15) is 9.59 Å². The average molecular weight is 328 g/mol. The number of hydrogen-bond donors (Lipinski definition) is 2. The highest BCUT2D eigenvalue weighted by Crippen LogP contribution is 2.15. The predicted octanol–water partition coefficient (Wildman–Crippen LogP) is 2.45. The third-order valence-corrected chi connectivity index (χ3v) is 4.48. The summed E-state index contributed by atoms with van der Waals surface area (Å²) >= 11 is 0. The summed E-state index contributed by atoms with van der Waals surface area (Å²) in [6.07, 6.45) is 4.15. The molecule has 0 bridgehead atoms. The van der Waals surface area contributed by atoms with Gasteiger partial charge in [-0.05, 0) is 55.7 Å². The van der Waals surface area contributed by atoms with Gasteiger partial charge < -0.3 is 15.0 Å². The van der Waals surface area contributed by atoms with Gasteiger partial charge in [-0.3, -0.25) is 9.59 Å². The van der Waals surface area contributed by atoms with Crippen molar-refractivity contribution in [3.05, 3.63) is 45.7 Å². The minimum absolute atomic E-state index is 0.00487. The highest BCUT2D eigenvalue weighted by Gasteiger charge is 2.17. The van der Waals surface area contributed by atoms with E-state index < -0.39 is 0 Å². The van der Waals surface area contributed by atoms with E-state index in [2.05, 4.69) is 10.3 Å². The van der Waals surface area contributed by atoms with Crippen LogP contribution in [0.3, 0.4) is 0 Å². The first-order valence-corrected chi connectivity index (χ1v) is 8.63. The lowest BCUT2D eigenvalue weighted by molar-refractivity contribution is -0.124. The molecule has 5 nitrogen and oxygen atoms in total. The second-order valence-electron chi connectivity index (χ2n) is 6.51. The van der Waals surface area contributed by atoms with Crippen LogP contribution in [0.15, 0.2) is 29.1 Å². The Balaban J connectivity index is 1.55. The number of carbonyl (C=O) groups is 1. The van der Waals surface area contributed by atoms with Gasteiger partial charge in [0.1, 0.15) is 0 Å². The molecule has 5 heteroatoms. The fraction of sp³-hybridized carbons (Fsp3) is 0.474. The van der Waals surface area contributed by atoms with E-state index in [-0.39, 0.29) is 17.6 Å². The number of carbonyl (C=O) groups excluding carboxylic acids is 1. The molecule has 0 saturated carbocycles. The second-order valence-corrected chi connectivity index (χ2v) is 6.51. The smallest absolute Gasteiger partial charge is 0.251 e. The fourth-order valence-corrected chi connectivity index (χ4v) is 3.13. The molecule has 2 aromatic rings. The van der Waals surface area contributed by atoms with Crippen LogP contribution in [-0.4, -0.2) is 30.1 Å². The number of aromatic amines is 1. The summed E-state index contributed by atoms with van der Waals surface area (Å²) in [6.45, 7) is 3.22. The number of hydrogen-bond acceptors (Lipinski definition) is 3. The van der Waals surface area contributed by atoms with Crippen LogP contribution in [-0.2, 0) is 16.0 Å². The van der Waals surface area contributed by atoms with Crippen LogP contribution in [0.2, 0.25) is 0 Å². The minimum atomic E-state index is -0.0852. The largest absolute Gasteiger partial charge is 0.378 e. The molecule has 1 aliphatic heterocycles. The lowest BCUT2D eigenvalue weighted by Crippen LogP contribution is -2.32. The van der Waals surface area contributed by atoms with Gasteiger partial charge in [-0.2, -0.15) is 0 Å². The van der Waals surface area contributed by atoms with Crippen LogP contribution in [0, 0.1) is 6.92 Å². The van der Waals surface area contributed by atoms with E-state index in [1.54, 1.807) is 0 Å². The van der Waals surface area contributed by atoms with E-state index >= 15 is 0 Å². The molecular weight excluding hydrogens is 304 g/mol. The summed E-state index contributed by atoms with van der Waals surface area (Å²) in [5.41, 5.74) is 2.57. The highest BCUT2D eigenvalue weighted by atomic mass is 16.5. The Kier molecular flexibility index (Phi) is 5.30. The first-order valence-electron chi connectivity index (χ1n) is 8.63. The van der Waals surface area contributed by atoms with Gasteiger partial charge in [0.25, 0.3) is 5.56 Å². The molecule has 24 heavy (non-hydrogen) atoms. The lowest BCUT2D eigenvalue weighted by atomic mass is 10.1. The Bertz CT molecular complexity index is 776. The summed E-state index contributed by atoms with van der Waals surface area (Å²) in [4.78, 5) is 27.0. The molecule has 1 atom stereocenters. The molecule has 1 fully saturated rings. The van der Waals surface area contributed by atoms with Gasteiger partial charge in [-0.1, -0.05) is 12.1 Å². The number of H-pyrrole nitrogens is 1. The number of aryl methyl sites for hydroxylation is 1. The fourth-order valence-electron chi connectivity index (χ4n) is 3.13. The molecule has 2 heterocycles. The van der Waals surface area contributed by atoms with Crippen molar-refractivity contribution in [2.75, 3.05) is 13.2 Å². The van der Waals surface area contributed by atoms with Gasteiger partial charge in [0, 0.05) is 24.2 Å². The molecule has 2 N–H and O–H groups in total. The summed E-state index contributed by atoms with van der Waals surface area (Å²) in [7, 11) is 0. The van der Waals surface area contributed by atoms with Gasteiger partial charge in [0.2, 0.25) is 5.91 Å². The van der Waals surface area contributed by atoms with Crippen molar-refractivity contribution >= 4 is 16.8 Å². The monoisotopic (exact) mass is 328 g/mol. The molecule has 128 valence electrons. The molecule has 1 unspecified atom stereocenters. The Hall–Kier alpha value is -2.14. The lowest BCUT2D eigenvalue weighted by Gasteiger charge is -2.21. The van der Waals surface area contributed by atoms with E-state index in [1.807, 2.05) is 31.2 Å². The van der Waals surface area contributed by atoms with Crippen molar-refractivity contribution in [2.45, 2.75) is 45.1 Å². The molecule has 1 saturated heterocycles. The van der Waals surface area contributed by atoms with Crippen LogP contribution in [0.4, 0.5) is 0 Å². The average Bonchev–Trinajstić information content (AvgIpc) is 2.56. The summed E-state index contributed by atoms with van der Waals surface area (Å²) in [5, 5.41) is 3.90. The van der Waals surface area contributed by atoms with Crippen LogP contribution in [0.25, 0.3) is 10.9 Å². The molecule has 0 aliphatic carbocycles. The van der Waals surface area contributed by atoms with Crippen LogP contribution in [0.1, 0.15) is 36.8 Å². The number of benzene rings is 1. The second kappa shape index (κ2) is 7.62. The third kappa shape index (κ3) is 4.23.